The Hall–Kier alpha value is -3.00. The van der Waals surface area contributed by atoms with Crippen LogP contribution in [0.25, 0.3) is 11.1 Å². The molecule has 1 saturated heterocycles. The van der Waals surface area contributed by atoms with Crippen LogP contribution in [0, 0.1) is 5.92 Å². The summed E-state index contributed by atoms with van der Waals surface area (Å²) in [5.74, 6) is -0.923. The molecule has 2 aromatic carbocycles. The van der Waals surface area contributed by atoms with Crippen molar-refractivity contribution >= 4 is 46.4 Å². The molecule has 4 rings (SSSR count). The van der Waals surface area contributed by atoms with Gasteiger partial charge in [0.05, 0.1) is 5.69 Å². The Bertz CT molecular complexity index is 1010. The number of thioether (sulfide) groups is 1. The fourth-order valence-corrected chi connectivity index (χ4v) is 4.12. The smallest absolute Gasteiger partial charge is 0.313 e. The summed E-state index contributed by atoms with van der Waals surface area (Å²) >= 11 is 1.52. The number of carbonyl (C=O) groups is 2. The fraction of sp³-hybridized carbons (Fsp3) is 0.318. The molecule has 0 bridgehead atoms. The molecule has 7 nitrogen and oxygen atoms in total. The molecule has 1 aromatic heterocycles. The Morgan fingerprint density at radius 2 is 1.83 bits per heavy atom. The first-order valence-electron chi connectivity index (χ1n) is 9.97. The zero-order valence-corrected chi connectivity index (χ0v) is 17.6. The Morgan fingerprint density at radius 3 is 2.60 bits per heavy atom. The average Bonchev–Trinajstić information content (AvgIpc) is 3.22. The number of anilines is 2. The summed E-state index contributed by atoms with van der Waals surface area (Å²) in [6.45, 7) is 2.10. The van der Waals surface area contributed by atoms with Crippen molar-refractivity contribution in [3.05, 3.63) is 48.5 Å². The zero-order valence-electron chi connectivity index (χ0n) is 16.8. The van der Waals surface area contributed by atoms with Gasteiger partial charge in [-0.1, -0.05) is 24.3 Å². The van der Waals surface area contributed by atoms with E-state index in [1.165, 1.54) is 11.8 Å². The van der Waals surface area contributed by atoms with Gasteiger partial charge in [-0.05, 0) is 49.3 Å². The number of oxazole rings is 1. The molecule has 30 heavy (non-hydrogen) atoms. The second kappa shape index (κ2) is 9.21. The standard InChI is InChI=1S/C22H24N4O3S/c1-30-19-9-5-3-7-17(19)24-21(28)20(27)23-14-15-10-12-26(13-11-15)22-25-16-6-2-4-8-18(16)29-22/h2-9,15H,10-14H2,1H3,(H,23,27)(H,24,28). The van der Waals surface area contributed by atoms with Gasteiger partial charge in [-0.15, -0.1) is 11.8 Å². The number of hydrogen-bond acceptors (Lipinski definition) is 6. The number of benzene rings is 2. The van der Waals surface area contributed by atoms with Crippen LogP contribution in [0.4, 0.5) is 11.7 Å². The largest absolute Gasteiger partial charge is 0.423 e. The molecular formula is C22H24N4O3S. The van der Waals surface area contributed by atoms with Gasteiger partial charge in [0.15, 0.2) is 5.58 Å². The molecule has 1 aliphatic rings. The number of amides is 2. The molecule has 2 heterocycles. The first-order valence-corrected chi connectivity index (χ1v) is 11.2. The van der Waals surface area contributed by atoms with E-state index in [-0.39, 0.29) is 0 Å². The van der Waals surface area contributed by atoms with Crippen LogP contribution in [0.1, 0.15) is 12.8 Å². The van der Waals surface area contributed by atoms with E-state index in [1.54, 1.807) is 6.07 Å². The van der Waals surface area contributed by atoms with Crippen molar-refractivity contribution in [2.45, 2.75) is 17.7 Å². The molecular weight excluding hydrogens is 400 g/mol. The van der Waals surface area contributed by atoms with Gasteiger partial charge >= 0.3 is 11.8 Å². The van der Waals surface area contributed by atoms with E-state index in [4.69, 9.17) is 4.42 Å². The van der Waals surface area contributed by atoms with Gasteiger partial charge in [-0.3, -0.25) is 9.59 Å². The zero-order chi connectivity index (χ0) is 20.9. The molecule has 2 N–H and O–H groups in total. The SMILES string of the molecule is CSc1ccccc1NC(=O)C(=O)NCC1CCN(c2nc3ccccc3o2)CC1. The Kier molecular flexibility index (Phi) is 6.23. The molecule has 0 aliphatic carbocycles. The summed E-state index contributed by atoms with van der Waals surface area (Å²) in [7, 11) is 0. The monoisotopic (exact) mass is 424 g/mol. The van der Waals surface area contributed by atoms with Crippen LogP contribution < -0.4 is 15.5 Å². The van der Waals surface area contributed by atoms with Crippen molar-refractivity contribution in [3.8, 4) is 0 Å². The molecule has 8 heteroatoms. The van der Waals surface area contributed by atoms with E-state index in [2.05, 4.69) is 20.5 Å². The molecule has 2 amide bonds. The maximum Gasteiger partial charge on any atom is 0.313 e. The lowest BCUT2D eigenvalue weighted by atomic mass is 9.97. The molecule has 0 unspecified atom stereocenters. The minimum Gasteiger partial charge on any atom is -0.423 e. The highest BCUT2D eigenvalue weighted by molar-refractivity contribution is 7.98. The maximum absolute atomic E-state index is 12.2. The van der Waals surface area contributed by atoms with Crippen LogP contribution in [0.2, 0.25) is 0 Å². The number of aromatic nitrogens is 1. The van der Waals surface area contributed by atoms with Crippen molar-refractivity contribution in [1.29, 1.82) is 0 Å². The predicted molar refractivity (Wildman–Crippen MR) is 119 cm³/mol. The number of hydrogen-bond donors (Lipinski definition) is 2. The quantitative estimate of drug-likeness (QED) is 0.481. The summed E-state index contributed by atoms with van der Waals surface area (Å²) < 4.78 is 5.84. The summed E-state index contributed by atoms with van der Waals surface area (Å²) in [5, 5.41) is 5.46. The van der Waals surface area contributed by atoms with Gasteiger partial charge < -0.3 is 20.0 Å². The lowest BCUT2D eigenvalue weighted by molar-refractivity contribution is -0.136. The van der Waals surface area contributed by atoms with Crippen molar-refractivity contribution in [3.63, 3.8) is 0 Å². The van der Waals surface area contributed by atoms with Crippen molar-refractivity contribution in [2.24, 2.45) is 5.92 Å². The normalized spacial score (nSPS) is 14.6. The van der Waals surface area contributed by atoms with Crippen LogP contribution in [-0.2, 0) is 9.59 Å². The summed E-state index contributed by atoms with van der Waals surface area (Å²) in [6, 6.07) is 15.8. The van der Waals surface area contributed by atoms with E-state index in [0.29, 0.717) is 24.2 Å². The Morgan fingerprint density at radius 1 is 1.10 bits per heavy atom. The van der Waals surface area contributed by atoms with Gasteiger partial charge in [0.25, 0.3) is 6.01 Å². The molecule has 0 spiro atoms. The first-order chi connectivity index (χ1) is 14.6. The van der Waals surface area contributed by atoms with Gasteiger partial charge in [0.1, 0.15) is 5.52 Å². The number of para-hydroxylation sites is 3. The van der Waals surface area contributed by atoms with E-state index in [0.717, 1.165) is 41.9 Å². The summed E-state index contributed by atoms with van der Waals surface area (Å²) in [5.41, 5.74) is 2.30. The molecule has 1 fully saturated rings. The molecule has 156 valence electrons. The third-order valence-electron chi connectivity index (χ3n) is 5.28. The second-order valence-corrected chi connectivity index (χ2v) is 8.11. The van der Waals surface area contributed by atoms with Gasteiger partial charge in [-0.2, -0.15) is 4.98 Å². The second-order valence-electron chi connectivity index (χ2n) is 7.26. The average molecular weight is 425 g/mol. The van der Waals surface area contributed by atoms with E-state index < -0.39 is 11.8 Å². The highest BCUT2D eigenvalue weighted by Gasteiger charge is 2.24. The third-order valence-corrected chi connectivity index (χ3v) is 6.08. The number of nitrogens with zero attached hydrogens (tertiary/aromatic N) is 2. The van der Waals surface area contributed by atoms with Crippen LogP contribution >= 0.6 is 11.8 Å². The molecule has 0 atom stereocenters. The van der Waals surface area contributed by atoms with Crippen molar-refractivity contribution < 1.29 is 14.0 Å². The number of fused-ring (bicyclic) bond motifs is 1. The maximum atomic E-state index is 12.2. The van der Waals surface area contributed by atoms with Crippen LogP contribution in [0.3, 0.4) is 0 Å². The van der Waals surface area contributed by atoms with Gasteiger partial charge in [-0.25, -0.2) is 0 Å². The van der Waals surface area contributed by atoms with Gasteiger partial charge in [0.2, 0.25) is 0 Å². The Balaban J connectivity index is 1.25. The number of carbonyl (C=O) groups excluding carboxylic acids is 2. The molecule has 3 aromatic rings. The van der Waals surface area contributed by atoms with Crippen LogP contribution in [0.5, 0.6) is 0 Å². The third kappa shape index (κ3) is 4.59. The summed E-state index contributed by atoms with van der Waals surface area (Å²) in [6.07, 6.45) is 3.73. The molecule has 0 radical (unpaired) electrons. The lowest BCUT2D eigenvalue weighted by Crippen LogP contribution is -2.42. The Labute approximate surface area is 179 Å². The van der Waals surface area contributed by atoms with Gasteiger partial charge in [0, 0.05) is 24.5 Å². The van der Waals surface area contributed by atoms with Crippen molar-refractivity contribution in [2.75, 3.05) is 36.1 Å². The van der Waals surface area contributed by atoms with E-state index >= 15 is 0 Å². The topological polar surface area (TPSA) is 87.5 Å². The van der Waals surface area contributed by atoms with Crippen molar-refractivity contribution in [1.82, 2.24) is 10.3 Å². The minimum atomic E-state index is -0.639. The lowest BCUT2D eigenvalue weighted by Gasteiger charge is -2.30. The fourth-order valence-electron chi connectivity index (χ4n) is 3.57. The predicted octanol–water partition coefficient (Wildman–Crippen LogP) is 3.52. The number of rotatable bonds is 5. The van der Waals surface area contributed by atoms with E-state index in [9.17, 15) is 9.59 Å². The van der Waals surface area contributed by atoms with Crippen LogP contribution in [0.15, 0.2) is 57.8 Å². The van der Waals surface area contributed by atoms with E-state index in [1.807, 2.05) is 48.7 Å². The highest BCUT2D eigenvalue weighted by Crippen LogP contribution is 2.26. The number of nitrogens with one attached hydrogen (secondary N) is 2. The molecule has 0 saturated carbocycles. The summed E-state index contributed by atoms with van der Waals surface area (Å²) in [4.78, 5) is 32.0. The highest BCUT2D eigenvalue weighted by atomic mass is 32.2. The molecule has 1 aliphatic heterocycles. The number of piperidine rings is 1. The first kappa shape index (κ1) is 20.3. The van der Waals surface area contributed by atoms with Crippen LogP contribution in [-0.4, -0.2) is 42.7 Å². The minimum absolute atomic E-state index is 0.320.